The molecule has 0 aliphatic heterocycles. The maximum absolute atomic E-state index is 12.0. The van der Waals surface area contributed by atoms with E-state index in [4.69, 9.17) is 5.11 Å². The Morgan fingerprint density at radius 3 is 2.55 bits per heavy atom. The quantitative estimate of drug-likeness (QED) is 0.783. The summed E-state index contributed by atoms with van der Waals surface area (Å²) in [5, 5.41) is 14.6. The van der Waals surface area contributed by atoms with E-state index in [0.717, 1.165) is 25.7 Å². The Balaban J connectivity index is 2.02. The Labute approximate surface area is 125 Å². The van der Waals surface area contributed by atoms with Crippen LogP contribution in [0.3, 0.4) is 0 Å². The first-order valence-corrected chi connectivity index (χ1v) is 7.37. The highest BCUT2D eigenvalue weighted by Gasteiger charge is 2.36. The number of benzene rings is 1. The van der Waals surface area contributed by atoms with Gasteiger partial charge in [-0.1, -0.05) is 6.92 Å². The second-order valence-corrected chi connectivity index (χ2v) is 5.92. The minimum atomic E-state index is -0.999. The van der Waals surface area contributed by atoms with Crippen molar-refractivity contribution in [2.75, 3.05) is 5.32 Å². The minimum Gasteiger partial charge on any atom is -0.478 e. The molecular weight excluding hydrogens is 324 g/mol. The van der Waals surface area contributed by atoms with Crippen LogP contribution in [0.25, 0.3) is 0 Å². The van der Waals surface area contributed by atoms with Crippen molar-refractivity contribution in [3.8, 4) is 0 Å². The zero-order valence-electron chi connectivity index (χ0n) is 11.2. The van der Waals surface area contributed by atoms with Crippen LogP contribution in [0, 0.1) is 0 Å². The minimum absolute atomic E-state index is 0.0719. The van der Waals surface area contributed by atoms with Crippen molar-refractivity contribution >= 4 is 33.6 Å². The number of amides is 2. The Morgan fingerprint density at radius 2 is 2.10 bits per heavy atom. The highest BCUT2D eigenvalue weighted by Crippen LogP contribution is 2.34. The monoisotopic (exact) mass is 340 g/mol. The van der Waals surface area contributed by atoms with Gasteiger partial charge in [0.1, 0.15) is 0 Å². The summed E-state index contributed by atoms with van der Waals surface area (Å²) in [4.78, 5) is 22.8. The molecule has 1 saturated carbocycles. The van der Waals surface area contributed by atoms with Gasteiger partial charge in [0.2, 0.25) is 0 Å². The molecule has 0 atom stereocenters. The van der Waals surface area contributed by atoms with E-state index >= 15 is 0 Å². The molecule has 1 aromatic carbocycles. The van der Waals surface area contributed by atoms with E-state index in [1.54, 1.807) is 6.07 Å². The lowest BCUT2D eigenvalue weighted by Gasteiger charge is -2.41. The third-order valence-corrected chi connectivity index (χ3v) is 4.49. The van der Waals surface area contributed by atoms with Gasteiger partial charge in [-0.3, -0.25) is 0 Å². The normalized spacial score (nSPS) is 16.1. The molecule has 5 nitrogen and oxygen atoms in total. The fraction of sp³-hybridized carbons (Fsp3) is 0.429. The largest absolute Gasteiger partial charge is 0.478 e. The fourth-order valence-corrected chi connectivity index (χ4v) is 2.79. The predicted molar refractivity (Wildman–Crippen MR) is 80.1 cm³/mol. The summed E-state index contributed by atoms with van der Waals surface area (Å²) in [6, 6.07) is 4.25. The van der Waals surface area contributed by atoms with E-state index in [-0.39, 0.29) is 17.1 Å². The molecule has 1 aliphatic carbocycles. The first-order chi connectivity index (χ1) is 9.46. The second-order valence-electron chi connectivity index (χ2n) is 5.07. The maximum Gasteiger partial charge on any atom is 0.335 e. The van der Waals surface area contributed by atoms with Crippen molar-refractivity contribution in [1.29, 1.82) is 0 Å². The van der Waals surface area contributed by atoms with Gasteiger partial charge in [-0.2, -0.15) is 0 Å². The number of hydrogen-bond acceptors (Lipinski definition) is 2. The van der Waals surface area contributed by atoms with E-state index in [1.165, 1.54) is 12.1 Å². The number of halogens is 1. The Morgan fingerprint density at radius 1 is 1.40 bits per heavy atom. The molecule has 2 amide bonds. The highest BCUT2D eigenvalue weighted by molar-refractivity contribution is 9.10. The highest BCUT2D eigenvalue weighted by atomic mass is 79.9. The van der Waals surface area contributed by atoms with E-state index < -0.39 is 5.97 Å². The number of anilines is 1. The molecule has 2 rings (SSSR count). The van der Waals surface area contributed by atoms with Crippen molar-refractivity contribution in [2.45, 2.75) is 38.1 Å². The van der Waals surface area contributed by atoms with Gasteiger partial charge < -0.3 is 15.7 Å². The van der Waals surface area contributed by atoms with Crippen molar-refractivity contribution in [1.82, 2.24) is 5.32 Å². The molecule has 0 spiro atoms. The summed E-state index contributed by atoms with van der Waals surface area (Å²) >= 11 is 3.27. The van der Waals surface area contributed by atoms with Crippen LogP contribution in [-0.2, 0) is 0 Å². The zero-order chi connectivity index (χ0) is 14.8. The summed E-state index contributed by atoms with van der Waals surface area (Å²) in [6.45, 7) is 2.07. The van der Waals surface area contributed by atoms with Crippen LogP contribution in [0.4, 0.5) is 10.5 Å². The summed E-state index contributed by atoms with van der Waals surface area (Å²) in [6.07, 6.45) is 4.08. The topological polar surface area (TPSA) is 78.4 Å². The van der Waals surface area contributed by atoms with E-state index in [1.807, 2.05) is 0 Å². The lowest BCUT2D eigenvalue weighted by molar-refractivity contribution is 0.0697. The molecule has 0 heterocycles. The summed E-state index contributed by atoms with van der Waals surface area (Å²) in [7, 11) is 0. The zero-order valence-corrected chi connectivity index (χ0v) is 12.8. The Kier molecular flexibility index (Phi) is 4.32. The molecule has 0 saturated heterocycles. The van der Waals surface area contributed by atoms with Crippen molar-refractivity contribution < 1.29 is 14.7 Å². The lowest BCUT2D eigenvalue weighted by Crippen LogP contribution is -2.54. The first kappa shape index (κ1) is 14.8. The predicted octanol–water partition coefficient (Wildman–Crippen LogP) is 3.60. The van der Waals surface area contributed by atoms with Gasteiger partial charge in [0.25, 0.3) is 0 Å². The molecule has 0 bridgehead atoms. The number of carboxylic acids is 1. The molecule has 20 heavy (non-hydrogen) atoms. The van der Waals surface area contributed by atoms with Crippen LogP contribution < -0.4 is 10.6 Å². The molecular formula is C14H17BrN2O3. The number of nitrogens with one attached hydrogen (secondary N) is 2. The number of carbonyl (C=O) groups excluding carboxylic acids is 1. The van der Waals surface area contributed by atoms with E-state index in [0.29, 0.717) is 10.2 Å². The number of aromatic carboxylic acids is 1. The molecule has 3 N–H and O–H groups in total. The van der Waals surface area contributed by atoms with Gasteiger partial charge in [-0.15, -0.1) is 0 Å². The van der Waals surface area contributed by atoms with Crippen LogP contribution in [0.1, 0.15) is 43.0 Å². The van der Waals surface area contributed by atoms with Gasteiger partial charge >= 0.3 is 12.0 Å². The average Bonchev–Trinajstić information content (AvgIpc) is 2.36. The lowest BCUT2D eigenvalue weighted by atomic mass is 9.75. The van der Waals surface area contributed by atoms with Crippen molar-refractivity contribution in [3.05, 3.63) is 28.2 Å². The molecule has 1 fully saturated rings. The van der Waals surface area contributed by atoms with Crippen LogP contribution in [0.2, 0.25) is 0 Å². The van der Waals surface area contributed by atoms with Gasteiger partial charge in [-0.25, -0.2) is 9.59 Å². The molecule has 6 heteroatoms. The fourth-order valence-electron chi connectivity index (χ4n) is 2.31. The SMILES string of the molecule is CCC1(NC(=O)Nc2ccc(C(=O)O)cc2Br)CCC1. The van der Waals surface area contributed by atoms with E-state index in [9.17, 15) is 9.59 Å². The summed E-state index contributed by atoms with van der Waals surface area (Å²) in [5.41, 5.74) is 0.655. The molecule has 0 radical (unpaired) electrons. The molecule has 108 valence electrons. The third-order valence-electron chi connectivity index (χ3n) is 3.83. The third kappa shape index (κ3) is 3.12. The van der Waals surface area contributed by atoms with E-state index in [2.05, 4.69) is 33.5 Å². The number of rotatable bonds is 4. The first-order valence-electron chi connectivity index (χ1n) is 6.58. The Bertz CT molecular complexity index is 536. The van der Waals surface area contributed by atoms with Crippen LogP contribution in [0.5, 0.6) is 0 Å². The number of carbonyl (C=O) groups is 2. The molecule has 1 aromatic rings. The smallest absolute Gasteiger partial charge is 0.335 e. The second kappa shape index (κ2) is 5.83. The standard InChI is InChI=1S/C14H17BrN2O3/c1-2-14(6-3-7-14)17-13(20)16-11-5-4-9(12(18)19)8-10(11)15/h4-5,8H,2-3,6-7H2,1H3,(H,18,19)(H2,16,17,20). The number of hydrogen-bond donors (Lipinski definition) is 3. The van der Waals surface area contributed by atoms with Gasteiger partial charge in [0.05, 0.1) is 11.3 Å². The van der Waals surface area contributed by atoms with Crippen molar-refractivity contribution in [3.63, 3.8) is 0 Å². The molecule has 0 unspecified atom stereocenters. The van der Waals surface area contributed by atoms with Crippen molar-refractivity contribution in [2.24, 2.45) is 0 Å². The molecule has 1 aliphatic rings. The number of carboxylic acid groups (broad SMARTS) is 1. The molecule has 0 aromatic heterocycles. The van der Waals surface area contributed by atoms with Crippen LogP contribution >= 0.6 is 15.9 Å². The van der Waals surface area contributed by atoms with Crippen LogP contribution in [0.15, 0.2) is 22.7 Å². The average molecular weight is 341 g/mol. The summed E-state index contributed by atoms with van der Waals surface area (Å²) < 4.78 is 0.548. The van der Waals surface area contributed by atoms with Gasteiger partial charge in [0.15, 0.2) is 0 Å². The summed E-state index contributed by atoms with van der Waals surface area (Å²) in [5.74, 6) is -0.999. The van der Waals surface area contributed by atoms with Gasteiger partial charge in [0, 0.05) is 10.0 Å². The number of urea groups is 1. The van der Waals surface area contributed by atoms with Crippen LogP contribution in [-0.4, -0.2) is 22.6 Å². The van der Waals surface area contributed by atoms with Gasteiger partial charge in [-0.05, 0) is 59.8 Å². The maximum atomic E-state index is 12.0. The Hall–Kier alpha value is -1.56.